The van der Waals surface area contributed by atoms with Gasteiger partial charge in [0.25, 0.3) is 0 Å². The summed E-state index contributed by atoms with van der Waals surface area (Å²) in [4.78, 5) is 1.28. The van der Waals surface area contributed by atoms with Crippen LogP contribution in [-0.4, -0.2) is 12.8 Å². The van der Waals surface area contributed by atoms with E-state index in [0.29, 0.717) is 6.61 Å². The highest BCUT2D eigenvalue weighted by molar-refractivity contribution is 7.98. The molecule has 3 heteroatoms. The van der Waals surface area contributed by atoms with Crippen molar-refractivity contribution in [3.05, 3.63) is 53.6 Å². The Kier molecular flexibility index (Phi) is 4.16. The molecule has 0 fully saturated rings. The molecule has 1 aliphatic rings. The van der Waals surface area contributed by atoms with Crippen molar-refractivity contribution in [2.45, 2.75) is 24.3 Å². The number of fused-ring (bicyclic) bond motifs is 1. The smallest absolute Gasteiger partial charge is 0.143 e. The fourth-order valence-corrected chi connectivity index (χ4v) is 2.89. The maximum absolute atomic E-state index is 5.99. The third kappa shape index (κ3) is 2.93. The summed E-state index contributed by atoms with van der Waals surface area (Å²) in [6.07, 6.45) is 4.43. The molecule has 0 saturated carbocycles. The minimum atomic E-state index is 0.618. The lowest BCUT2D eigenvalue weighted by Gasteiger charge is -2.21. The van der Waals surface area contributed by atoms with Crippen LogP contribution in [0.3, 0.4) is 0 Å². The van der Waals surface area contributed by atoms with Gasteiger partial charge in [-0.25, -0.2) is 0 Å². The number of thioether (sulfide) groups is 1. The molecule has 2 aromatic rings. The third-order valence-corrected chi connectivity index (χ3v) is 4.33. The molecule has 2 nitrogen and oxygen atoms in total. The van der Waals surface area contributed by atoms with Gasteiger partial charge in [0.2, 0.25) is 0 Å². The first-order valence-corrected chi connectivity index (χ1v) is 8.21. The number of rotatable bonds is 4. The second-order valence-electron chi connectivity index (χ2n) is 4.96. The van der Waals surface area contributed by atoms with Gasteiger partial charge in [0.1, 0.15) is 12.4 Å². The summed E-state index contributed by atoms with van der Waals surface area (Å²) in [5, 5.41) is 3.46. The highest BCUT2D eigenvalue weighted by Crippen LogP contribution is 2.32. The molecule has 0 saturated heterocycles. The Bertz CT molecular complexity index is 580. The van der Waals surface area contributed by atoms with Gasteiger partial charge in [0.05, 0.1) is 5.69 Å². The van der Waals surface area contributed by atoms with E-state index < -0.39 is 0 Å². The Hall–Kier alpha value is -1.61. The molecule has 1 N–H and O–H groups in total. The summed E-state index contributed by atoms with van der Waals surface area (Å²) in [5.41, 5.74) is 3.75. The van der Waals surface area contributed by atoms with Gasteiger partial charge in [0, 0.05) is 11.4 Å². The number of ether oxygens (including phenoxy) is 1. The molecule has 0 atom stereocenters. The topological polar surface area (TPSA) is 21.3 Å². The molecular formula is C17H19NOS. The van der Waals surface area contributed by atoms with Crippen molar-refractivity contribution in [2.24, 2.45) is 0 Å². The SMILES string of the molecule is CSc1ccc(COc2cccc3c2NCCC3)cc1. The van der Waals surface area contributed by atoms with Crippen LogP contribution in [-0.2, 0) is 13.0 Å². The normalized spacial score (nSPS) is 13.4. The first-order valence-electron chi connectivity index (χ1n) is 6.98. The molecule has 2 aromatic carbocycles. The molecule has 1 aliphatic heterocycles. The van der Waals surface area contributed by atoms with Gasteiger partial charge in [-0.3, -0.25) is 0 Å². The van der Waals surface area contributed by atoms with Crippen molar-refractivity contribution in [3.8, 4) is 5.75 Å². The van der Waals surface area contributed by atoms with E-state index in [1.807, 2.05) is 6.07 Å². The van der Waals surface area contributed by atoms with Crippen molar-refractivity contribution in [2.75, 3.05) is 18.1 Å². The van der Waals surface area contributed by atoms with Gasteiger partial charge in [-0.2, -0.15) is 0 Å². The molecule has 0 amide bonds. The highest BCUT2D eigenvalue weighted by Gasteiger charge is 2.13. The molecule has 0 aliphatic carbocycles. The fourth-order valence-electron chi connectivity index (χ4n) is 2.48. The zero-order valence-electron chi connectivity index (χ0n) is 11.7. The number of nitrogens with one attached hydrogen (secondary N) is 1. The van der Waals surface area contributed by atoms with Crippen molar-refractivity contribution < 1.29 is 4.74 Å². The highest BCUT2D eigenvalue weighted by atomic mass is 32.2. The van der Waals surface area contributed by atoms with Crippen LogP contribution in [0.25, 0.3) is 0 Å². The zero-order valence-corrected chi connectivity index (χ0v) is 12.5. The number of benzene rings is 2. The first kappa shape index (κ1) is 13.4. The van der Waals surface area contributed by atoms with Crippen molar-refractivity contribution >= 4 is 17.4 Å². The molecule has 3 rings (SSSR count). The van der Waals surface area contributed by atoms with Crippen LogP contribution in [0.1, 0.15) is 17.5 Å². The average molecular weight is 285 g/mol. The van der Waals surface area contributed by atoms with E-state index in [0.717, 1.165) is 18.7 Å². The molecule has 104 valence electrons. The van der Waals surface area contributed by atoms with Gasteiger partial charge in [-0.05, 0) is 48.4 Å². The second kappa shape index (κ2) is 6.23. The molecule has 0 bridgehead atoms. The van der Waals surface area contributed by atoms with E-state index in [-0.39, 0.29) is 0 Å². The van der Waals surface area contributed by atoms with Crippen LogP contribution >= 0.6 is 11.8 Å². The van der Waals surface area contributed by atoms with E-state index in [1.165, 1.54) is 28.1 Å². The Morgan fingerprint density at radius 2 is 2.00 bits per heavy atom. The Morgan fingerprint density at radius 1 is 1.15 bits per heavy atom. The van der Waals surface area contributed by atoms with Crippen LogP contribution in [0.2, 0.25) is 0 Å². The summed E-state index contributed by atoms with van der Waals surface area (Å²) in [6.45, 7) is 1.66. The Labute approximate surface area is 124 Å². The predicted molar refractivity (Wildman–Crippen MR) is 85.8 cm³/mol. The number of hydrogen-bond donors (Lipinski definition) is 1. The first-order chi connectivity index (χ1) is 9.86. The molecule has 1 heterocycles. The van der Waals surface area contributed by atoms with E-state index >= 15 is 0 Å². The van der Waals surface area contributed by atoms with Gasteiger partial charge >= 0.3 is 0 Å². The molecule has 20 heavy (non-hydrogen) atoms. The lowest BCUT2D eigenvalue weighted by molar-refractivity contribution is 0.307. The summed E-state index contributed by atoms with van der Waals surface area (Å²) in [6, 6.07) is 14.9. The van der Waals surface area contributed by atoms with E-state index in [9.17, 15) is 0 Å². The molecule has 0 aromatic heterocycles. The Balaban J connectivity index is 1.71. The molecule has 0 radical (unpaired) electrons. The number of aryl methyl sites for hydroxylation is 1. The summed E-state index contributed by atoms with van der Waals surface area (Å²) in [5.74, 6) is 0.969. The van der Waals surface area contributed by atoms with Gasteiger partial charge in [-0.15, -0.1) is 11.8 Å². The Morgan fingerprint density at radius 3 is 2.80 bits per heavy atom. The molecule has 0 unspecified atom stereocenters. The van der Waals surface area contributed by atoms with Crippen LogP contribution in [0, 0.1) is 0 Å². The van der Waals surface area contributed by atoms with Crippen LogP contribution in [0.4, 0.5) is 5.69 Å². The number of para-hydroxylation sites is 1. The quantitative estimate of drug-likeness (QED) is 0.844. The van der Waals surface area contributed by atoms with Crippen molar-refractivity contribution in [3.63, 3.8) is 0 Å². The van der Waals surface area contributed by atoms with Gasteiger partial charge < -0.3 is 10.1 Å². The van der Waals surface area contributed by atoms with E-state index in [4.69, 9.17) is 4.74 Å². The predicted octanol–water partition coefficient (Wildman–Crippen LogP) is 4.35. The number of hydrogen-bond acceptors (Lipinski definition) is 3. The summed E-state index contributed by atoms with van der Waals surface area (Å²) >= 11 is 1.76. The van der Waals surface area contributed by atoms with Crippen LogP contribution in [0.5, 0.6) is 5.75 Å². The molecule has 0 spiro atoms. The van der Waals surface area contributed by atoms with Crippen LogP contribution < -0.4 is 10.1 Å². The van der Waals surface area contributed by atoms with E-state index in [2.05, 4.69) is 48.0 Å². The standard InChI is InChI=1S/C17H19NOS/c1-20-15-9-7-13(8-10-15)12-19-16-6-2-4-14-5-3-11-18-17(14)16/h2,4,6-10,18H,3,5,11-12H2,1H3. The average Bonchev–Trinajstić information content (AvgIpc) is 2.53. The zero-order chi connectivity index (χ0) is 13.8. The minimum Gasteiger partial charge on any atom is -0.487 e. The second-order valence-corrected chi connectivity index (χ2v) is 5.84. The van der Waals surface area contributed by atoms with Gasteiger partial charge in [-0.1, -0.05) is 24.3 Å². The maximum Gasteiger partial charge on any atom is 0.143 e. The lowest BCUT2D eigenvalue weighted by Crippen LogP contribution is -2.13. The minimum absolute atomic E-state index is 0.618. The largest absolute Gasteiger partial charge is 0.487 e. The molecular weight excluding hydrogens is 266 g/mol. The van der Waals surface area contributed by atoms with Gasteiger partial charge in [0.15, 0.2) is 0 Å². The number of anilines is 1. The maximum atomic E-state index is 5.99. The van der Waals surface area contributed by atoms with Crippen LogP contribution in [0.15, 0.2) is 47.4 Å². The fraction of sp³-hybridized carbons (Fsp3) is 0.294. The van der Waals surface area contributed by atoms with Crippen molar-refractivity contribution in [1.82, 2.24) is 0 Å². The summed E-state index contributed by atoms with van der Waals surface area (Å²) < 4.78 is 5.99. The van der Waals surface area contributed by atoms with Crippen molar-refractivity contribution in [1.29, 1.82) is 0 Å². The summed E-state index contributed by atoms with van der Waals surface area (Å²) in [7, 11) is 0. The van der Waals surface area contributed by atoms with E-state index in [1.54, 1.807) is 11.8 Å². The third-order valence-electron chi connectivity index (χ3n) is 3.59. The lowest BCUT2D eigenvalue weighted by atomic mass is 10.0. The monoisotopic (exact) mass is 285 g/mol.